The highest BCUT2D eigenvalue weighted by Gasteiger charge is 2.18. The van der Waals surface area contributed by atoms with Gasteiger partial charge in [-0.05, 0) is 121 Å². The normalized spacial score (nSPS) is 12.1. The molecule has 58 heavy (non-hydrogen) atoms. The first-order chi connectivity index (χ1) is 28.4. The molecular formula is C52H89NO5. The summed E-state index contributed by atoms with van der Waals surface area (Å²) in [5, 5.41) is 0. The zero-order valence-electron chi connectivity index (χ0n) is 38.6. The van der Waals surface area contributed by atoms with Gasteiger partial charge >= 0.3 is 6.16 Å². The van der Waals surface area contributed by atoms with Crippen LogP contribution in [0.2, 0.25) is 0 Å². The molecule has 1 aromatic carbocycles. The standard InChI is InChI=1S/C52H89NO5/c1-7-9-11-13-15-17-19-21-23-25-27-29-31-33-35-37-41-55-49-44-48(46-58-52(54)57-43-39-40-53(5)6)45-50(51(49)47(3)4)56-42-38-36-34-32-30-28-26-24-22-20-18-16-14-12-10-8-2/h15-18,21-24,44-45,47H,7-14,19-20,25-43,46H2,1-6H3. The summed E-state index contributed by atoms with van der Waals surface area (Å²) in [6.45, 7) is 11.5. The van der Waals surface area contributed by atoms with E-state index in [-0.39, 0.29) is 12.5 Å². The van der Waals surface area contributed by atoms with Crippen LogP contribution in [0.15, 0.2) is 60.7 Å². The highest BCUT2D eigenvalue weighted by Crippen LogP contribution is 2.37. The monoisotopic (exact) mass is 808 g/mol. The predicted molar refractivity (Wildman–Crippen MR) is 250 cm³/mol. The van der Waals surface area contributed by atoms with Crippen LogP contribution in [0, 0.1) is 0 Å². The summed E-state index contributed by atoms with van der Waals surface area (Å²) in [6.07, 6.45) is 48.0. The lowest BCUT2D eigenvalue weighted by Gasteiger charge is -2.21. The maximum absolute atomic E-state index is 12.4. The number of nitrogens with zero attached hydrogens (tertiary/aromatic N) is 1. The molecule has 0 bridgehead atoms. The second-order valence-corrected chi connectivity index (χ2v) is 16.6. The number of hydrogen-bond donors (Lipinski definition) is 0. The molecule has 0 saturated carbocycles. The maximum Gasteiger partial charge on any atom is 0.508 e. The Labute approximate surface area is 358 Å². The number of benzene rings is 1. The van der Waals surface area contributed by atoms with E-state index >= 15 is 0 Å². The van der Waals surface area contributed by atoms with Gasteiger partial charge in [-0.1, -0.05) is 153 Å². The molecule has 1 rings (SSSR count). The van der Waals surface area contributed by atoms with Crippen molar-refractivity contribution in [3.05, 3.63) is 71.9 Å². The van der Waals surface area contributed by atoms with Crippen LogP contribution < -0.4 is 9.47 Å². The molecule has 0 aliphatic rings. The van der Waals surface area contributed by atoms with Crippen molar-refractivity contribution < 1.29 is 23.7 Å². The van der Waals surface area contributed by atoms with Gasteiger partial charge in [0.1, 0.15) is 18.1 Å². The first-order valence-electron chi connectivity index (χ1n) is 23.9. The number of unbranched alkanes of at least 4 members (excludes halogenated alkanes) is 18. The molecule has 0 aromatic heterocycles. The van der Waals surface area contributed by atoms with Gasteiger partial charge in [0, 0.05) is 12.1 Å². The molecule has 0 aliphatic carbocycles. The van der Waals surface area contributed by atoms with Crippen molar-refractivity contribution in [3.8, 4) is 11.5 Å². The van der Waals surface area contributed by atoms with Gasteiger partial charge < -0.3 is 23.8 Å². The Morgan fingerprint density at radius 1 is 0.534 bits per heavy atom. The zero-order valence-corrected chi connectivity index (χ0v) is 38.6. The minimum atomic E-state index is -0.640. The topological polar surface area (TPSA) is 57.2 Å². The Balaban J connectivity index is 2.54. The minimum Gasteiger partial charge on any atom is -0.493 e. The Bertz CT molecular complexity index is 1150. The van der Waals surface area contributed by atoms with E-state index in [9.17, 15) is 4.79 Å². The highest BCUT2D eigenvalue weighted by molar-refractivity contribution is 5.60. The van der Waals surface area contributed by atoms with E-state index in [0.717, 1.165) is 74.1 Å². The molecular weight excluding hydrogens is 719 g/mol. The van der Waals surface area contributed by atoms with Gasteiger partial charge in [-0.3, -0.25) is 0 Å². The third-order valence-electron chi connectivity index (χ3n) is 10.3. The fourth-order valence-electron chi connectivity index (χ4n) is 6.81. The summed E-state index contributed by atoms with van der Waals surface area (Å²) in [6, 6.07) is 4.05. The van der Waals surface area contributed by atoms with Crippen LogP contribution in [0.1, 0.15) is 205 Å². The first-order valence-corrected chi connectivity index (χ1v) is 23.9. The van der Waals surface area contributed by atoms with Gasteiger partial charge in [0.15, 0.2) is 0 Å². The van der Waals surface area contributed by atoms with Crippen molar-refractivity contribution in [2.24, 2.45) is 0 Å². The Hall–Kier alpha value is -2.99. The van der Waals surface area contributed by atoms with E-state index in [2.05, 4.69) is 81.2 Å². The van der Waals surface area contributed by atoms with Gasteiger partial charge in [0.2, 0.25) is 0 Å². The van der Waals surface area contributed by atoms with Gasteiger partial charge in [-0.2, -0.15) is 0 Å². The molecule has 1 aromatic rings. The second-order valence-electron chi connectivity index (χ2n) is 16.6. The number of rotatable bonds is 39. The first kappa shape index (κ1) is 53.0. The molecule has 332 valence electrons. The fraction of sp³-hybridized carbons (Fsp3) is 0.712. The molecule has 0 radical (unpaired) electrons. The van der Waals surface area contributed by atoms with Crippen LogP contribution >= 0.6 is 0 Å². The molecule has 0 atom stereocenters. The van der Waals surface area contributed by atoms with Crippen molar-refractivity contribution in [1.29, 1.82) is 0 Å². The smallest absolute Gasteiger partial charge is 0.493 e. The van der Waals surface area contributed by atoms with Gasteiger partial charge in [-0.15, -0.1) is 0 Å². The molecule has 6 heteroatoms. The van der Waals surface area contributed by atoms with Crippen LogP contribution in [-0.2, 0) is 16.1 Å². The molecule has 0 spiro atoms. The van der Waals surface area contributed by atoms with Crippen LogP contribution in [0.5, 0.6) is 11.5 Å². The summed E-state index contributed by atoms with van der Waals surface area (Å²) in [7, 11) is 4.01. The Morgan fingerprint density at radius 3 is 1.36 bits per heavy atom. The molecule has 0 saturated heterocycles. The molecule has 0 aliphatic heterocycles. The number of carbonyl (C=O) groups is 1. The van der Waals surface area contributed by atoms with E-state index in [0.29, 0.717) is 19.8 Å². The minimum absolute atomic E-state index is 0.119. The van der Waals surface area contributed by atoms with Crippen molar-refractivity contribution >= 4 is 6.16 Å². The zero-order chi connectivity index (χ0) is 42.2. The van der Waals surface area contributed by atoms with Crippen LogP contribution in [-0.4, -0.2) is 51.5 Å². The molecule has 0 amide bonds. The lowest BCUT2D eigenvalue weighted by molar-refractivity contribution is 0.0479. The average molecular weight is 808 g/mol. The third-order valence-corrected chi connectivity index (χ3v) is 10.3. The van der Waals surface area contributed by atoms with Crippen LogP contribution in [0.3, 0.4) is 0 Å². The molecule has 6 nitrogen and oxygen atoms in total. The van der Waals surface area contributed by atoms with E-state index in [4.69, 9.17) is 18.9 Å². The highest BCUT2D eigenvalue weighted by atomic mass is 16.7. The van der Waals surface area contributed by atoms with E-state index in [1.54, 1.807) is 0 Å². The van der Waals surface area contributed by atoms with E-state index in [1.165, 1.54) is 116 Å². The lowest BCUT2D eigenvalue weighted by Crippen LogP contribution is -2.16. The van der Waals surface area contributed by atoms with Crippen molar-refractivity contribution in [2.45, 2.75) is 201 Å². The second kappa shape index (κ2) is 39.5. The van der Waals surface area contributed by atoms with Gasteiger partial charge in [-0.25, -0.2) is 4.79 Å². The van der Waals surface area contributed by atoms with Crippen LogP contribution in [0.25, 0.3) is 0 Å². The summed E-state index contributed by atoms with van der Waals surface area (Å²) in [4.78, 5) is 14.4. The molecule has 0 heterocycles. The SMILES string of the molecule is CCCCCC=CCC=CCCCCCCCCOc1cc(COC(=O)OCCCN(C)C)cc(OCCCCCCCCC=CCC=CCCCCC)c1C(C)C. The Kier molecular flexibility index (Phi) is 36.1. The van der Waals surface area contributed by atoms with Gasteiger partial charge in [0.25, 0.3) is 0 Å². The number of ether oxygens (including phenoxy) is 4. The van der Waals surface area contributed by atoms with Crippen molar-refractivity contribution in [3.63, 3.8) is 0 Å². The summed E-state index contributed by atoms with van der Waals surface area (Å²) in [5.74, 6) is 1.91. The van der Waals surface area contributed by atoms with Crippen molar-refractivity contribution in [1.82, 2.24) is 4.90 Å². The number of carbonyl (C=O) groups excluding carboxylic acids is 1. The van der Waals surface area contributed by atoms with Crippen LogP contribution in [0.4, 0.5) is 4.79 Å². The average Bonchev–Trinajstić information content (AvgIpc) is 3.20. The largest absolute Gasteiger partial charge is 0.508 e. The predicted octanol–water partition coefficient (Wildman–Crippen LogP) is 15.8. The third kappa shape index (κ3) is 31.9. The lowest BCUT2D eigenvalue weighted by atomic mass is 9.98. The summed E-state index contributed by atoms with van der Waals surface area (Å²) < 4.78 is 23.8. The van der Waals surface area contributed by atoms with E-state index in [1.807, 2.05) is 26.2 Å². The summed E-state index contributed by atoms with van der Waals surface area (Å²) >= 11 is 0. The molecule has 0 fully saturated rings. The Morgan fingerprint density at radius 2 is 0.948 bits per heavy atom. The maximum atomic E-state index is 12.4. The van der Waals surface area contributed by atoms with Gasteiger partial charge in [0.05, 0.1) is 19.8 Å². The van der Waals surface area contributed by atoms with Crippen molar-refractivity contribution in [2.75, 3.05) is 40.5 Å². The molecule has 0 unspecified atom stereocenters. The number of hydrogen-bond acceptors (Lipinski definition) is 6. The number of allylic oxidation sites excluding steroid dienone is 8. The van der Waals surface area contributed by atoms with E-state index < -0.39 is 6.16 Å². The quantitative estimate of drug-likeness (QED) is 0.0375. The summed E-state index contributed by atoms with van der Waals surface area (Å²) in [5.41, 5.74) is 1.95. The fourth-order valence-corrected chi connectivity index (χ4v) is 6.81. The molecule has 0 N–H and O–H groups in total.